The van der Waals surface area contributed by atoms with Gasteiger partial charge in [0.25, 0.3) is 0 Å². The standard InChI is InChI=1S/C20H22N2O3S/c1-2-24-20(21)26-19-13-12-18(23)22(19)14-15-8-10-17(11-9-15)25-16-6-4-3-5-7-16/h3-11,19,21H,2,12-14H2,1H3. The van der Waals surface area contributed by atoms with Gasteiger partial charge in [-0.2, -0.15) is 0 Å². The van der Waals surface area contributed by atoms with E-state index in [2.05, 4.69) is 0 Å². The number of likely N-dealkylation sites (tertiary alicyclic amines) is 1. The summed E-state index contributed by atoms with van der Waals surface area (Å²) >= 11 is 1.31. The quantitative estimate of drug-likeness (QED) is 0.595. The summed E-state index contributed by atoms with van der Waals surface area (Å²) in [5, 5.41) is 7.94. The molecule has 1 unspecified atom stereocenters. The number of hydrogen-bond acceptors (Lipinski definition) is 5. The summed E-state index contributed by atoms with van der Waals surface area (Å²) in [6.45, 7) is 2.85. The molecule has 136 valence electrons. The number of nitrogens with one attached hydrogen (secondary N) is 1. The van der Waals surface area contributed by atoms with Crippen LogP contribution < -0.4 is 4.74 Å². The number of ether oxygens (including phenoxy) is 2. The van der Waals surface area contributed by atoms with E-state index in [1.54, 1.807) is 0 Å². The van der Waals surface area contributed by atoms with Crippen molar-refractivity contribution in [2.45, 2.75) is 31.7 Å². The van der Waals surface area contributed by atoms with Crippen LogP contribution in [0.5, 0.6) is 11.5 Å². The monoisotopic (exact) mass is 370 g/mol. The minimum Gasteiger partial charge on any atom is -0.473 e. The number of carbonyl (C=O) groups excluding carboxylic acids is 1. The van der Waals surface area contributed by atoms with E-state index < -0.39 is 0 Å². The van der Waals surface area contributed by atoms with Gasteiger partial charge in [-0.15, -0.1) is 0 Å². The molecule has 6 heteroatoms. The molecular weight excluding hydrogens is 348 g/mol. The number of nitrogens with zero attached hydrogens (tertiary/aromatic N) is 1. The summed E-state index contributed by atoms with van der Waals surface area (Å²) in [7, 11) is 0. The molecule has 0 aliphatic carbocycles. The second-order valence-corrected chi connectivity index (χ2v) is 7.06. The SMILES string of the molecule is CCOC(=N)SC1CCC(=O)N1Cc1ccc(Oc2ccccc2)cc1. The molecule has 1 amide bonds. The number of thioether (sulfide) groups is 1. The van der Waals surface area contributed by atoms with E-state index in [0.29, 0.717) is 19.6 Å². The van der Waals surface area contributed by atoms with Gasteiger partial charge in [-0.05, 0) is 54.9 Å². The molecule has 1 atom stereocenters. The van der Waals surface area contributed by atoms with E-state index in [4.69, 9.17) is 14.9 Å². The van der Waals surface area contributed by atoms with Crippen molar-refractivity contribution in [2.24, 2.45) is 0 Å². The van der Waals surface area contributed by atoms with Gasteiger partial charge in [-0.25, -0.2) is 0 Å². The minimum atomic E-state index is -0.0400. The number of hydrogen-bond donors (Lipinski definition) is 1. The van der Waals surface area contributed by atoms with Crippen molar-refractivity contribution in [2.75, 3.05) is 6.61 Å². The molecule has 0 radical (unpaired) electrons. The van der Waals surface area contributed by atoms with Crippen LogP contribution in [0.2, 0.25) is 0 Å². The first-order valence-corrected chi connectivity index (χ1v) is 9.53. The van der Waals surface area contributed by atoms with Crippen LogP contribution in [0.1, 0.15) is 25.3 Å². The topological polar surface area (TPSA) is 62.6 Å². The molecule has 3 rings (SSSR count). The van der Waals surface area contributed by atoms with Crippen molar-refractivity contribution in [1.82, 2.24) is 4.90 Å². The largest absolute Gasteiger partial charge is 0.473 e. The van der Waals surface area contributed by atoms with Gasteiger partial charge < -0.3 is 14.4 Å². The lowest BCUT2D eigenvalue weighted by Crippen LogP contribution is -2.31. The molecule has 1 saturated heterocycles. The Hall–Kier alpha value is -2.47. The van der Waals surface area contributed by atoms with E-state index in [-0.39, 0.29) is 16.5 Å². The molecule has 1 aliphatic heterocycles. The summed E-state index contributed by atoms with van der Waals surface area (Å²) in [6.07, 6.45) is 1.26. The Labute approximate surface area is 157 Å². The molecule has 1 N–H and O–H groups in total. The first-order chi connectivity index (χ1) is 12.7. The minimum absolute atomic E-state index is 0.0400. The highest BCUT2D eigenvalue weighted by molar-refractivity contribution is 8.13. The van der Waals surface area contributed by atoms with Crippen LogP contribution in [0.4, 0.5) is 0 Å². The number of amides is 1. The highest BCUT2D eigenvalue weighted by Gasteiger charge is 2.32. The van der Waals surface area contributed by atoms with E-state index >= 15 is 0 Å². The van der Waals surface area contributed by atoms with E-state index in [1.807, 2.05) is 66.4 Å². The van der Waals surface area contributed by atoms with Gasteiger partial charge in [-0.1, -0.05) is 30.3 Å². The average Bonchev–Trinajstić information content (AvgIpc) is 2.98. The van der Waals surface area contributed by atoms with Crippen LogP contribution >= 0.6 is 11.8 Å². The van der Waals surface area contributed by atoms with Crippen molar-refractivity contribution < 1.29 is 14.3 Å². The zero-order chi connectivity index (χ0) is 18.4. The molecule has 2 aromatic carbocycles. The maximum Gasteiger partial charge on any atom is 0.244 e. The highest BCUT2D eigenvalue weighted by Crippen LogP contribution is 2.31. The predicted octanol–water partition coefficient (Wildman–Crippen LogP) is 4.63. The van der Waals surface area contributed by atoms with Gasteiger partial charge in [0.15, 0.2) is 0 Å². The third kappa shape index (κ3) is 4.79. The van der Waals surface area contributed by atoms with Crippen LogP contribution in [0.15, 0.2) is 54.6 Å². The second kappa shape index (κ2) is 8.76. The first kappa shape index (κ1) is 18.3. The molecule has 0 spiro atoms. The maximum atomic E-state index is 12.2. The van der Waals surface area contributed by atoms with Gasteiger partial charge in [0.2, 0.25) is 11.1 Å². The lowest BCUT2D eigenvalue weighted by Gasteiger charge is -2.24. The average molecular weight is 370 g/mol. The molecule has 0 bridgehead atoms. The van der Waals surface area contributed by atoms with Crippen molar-refractivity contribution in [1.29, 1.82) is 5.41 Å². The maximum absolute atomic E-state index is 12.2. The fourth-order valence-corrected chi connectivity index (χ4v) is 3.78. The van der Waals surface area contributed by atoms with Gasteiger partial charge >= 0.3 is 0 Å². The van der Waals surface area contributed by atoms with Gasteiger partial charge in [0.05, 0.1) is 12.0 Å². The van der Waals surface area contributed by atoms with Crippen LogP contribution in [0, 0.1) is 5.41 Å². The smallest absolute Gasteiger partial charge is 0.244 e. The van der Waals surface area contributed by atoms with Crippen LogP contribution in [0.3, 0.4) is 0 Å². The molecular formula is C20H22N2O3S. The van der Waals surface area contributed by atoms with Crippen LogP contribution in [-0.4, -0.2) is 28.0 Å². The fourth-order valence-electron chi connectivity index (χ4n) is 2.79. The summed E-state index contributed by atoms with van der Waals surface area (Å²) in [5.74, 6) is 1.68. The summed E-state index contributed by atoms with van der Waals surface area (Å²) in [6, 6.07) is 17.4. The highest BCUT2D eigenvalue weighted by atomic mass is 32.2. The number of benzene rings is 2. The molecule has 5 nitrogen and oxygen atoms in total. The molecule has 26 heavy (non-hydrogen) atoms. The van der Waals surface area contributed by atoms with Crippen molar-refractivity contribution in [3.05, 3.63) is 60.2 Å². The van der Waals surface area contributed by atoms with Crippen LogP contribution in [-0.2, 0) is 16.1 Å². The second-order valence-electron chi connectivity index (χ2n) is 5.91. The normalized spacial score (nSPS) is 16.6. The Bertz CT molecular complexity index is 749. The lowest BCUT2D eigenvalue weighted by atomic mass is 10.2. The fraction of sp³-hybridized carbons (Fsp3) is 0.300. The zero-order valence-corrected chi connectivity index (χ0v) is 15.5. The summed E-state index contributed by atoms with van der Waals surface area (Å²) in [4.78, 5) is 14.0. The van der Waals surface area contributed by atoms with E-state index in [0.717, 1.165) is 23.5 Å². The molecule has 0 aromatic heterocycles. The molecule has 1 heterocycles. The summed E-state index contributed by atoms with van der Waals surface area (Å²) in [5.41, 5.74) is 1.04. The van der Waals surface area contributed by atoms with E-state index in [1.165, 1.54) is 11.8 Å². The van der Waals surface area contributed by atoms with Gasteiger partial charge in [-0.3, -0.25) is 10.2 Å². The van der Waals surface area contributed by atoms with E-state index in [9.17, 15) is 4.79 Å². The predicted molar refractivity (Wildman–Crippen MR) is 103 cm³/mol. The Kier molecular flexibility index (Phi) is 6.17. The van der Waals surface area contributed by atoms with Crippen LogP contribution in [0.25, 0.3) is 0 Å². The molecule has 1 aliphatic rings. The number of rotatable bonds is 6. The van der Waals surface area contributed by atoms with Gasteiger partial charge in [0, 0.05) is 13.0 Å². The molecule has 0 saturated carbocycles. The number of carbonyl (C=O) groups is 1. The Balaban J connectivity index is 1.61. The third-order valence-electron chi connectivity index (χ3n) is 4.05. The molecule has 2 aromatic rings. The summed E-state index contributed by atoms with van der Waals surface area (Å²) < 4.78 is 11.0. The van der Waals surface area contributed by atoms with Crippen molar-refractivity contribution >= 4 is 22.9 Å². The van der Waals surface area contributed by atoms with Crippen molar-refractivity contribution in [3.8, 4) is 11.5 Å². The third-order valence-corrected chi connectivity index (χ3v) is 5.14. The van der Waals surface area contributed by atoms with Crippen molar-refractivity contribution in [3.63, 3.8) is 0 Å². The Morgan fingerprint density at radius 3 is 2.54 bits per heavy atom. The zero-order valence-electron chi connectivity index (χ0n) is 14.7. The van der Waals surface area contributed by atoms with Gasteiger partial charge in [0.1, 0.15) is 11.5 Å². The Morgan fingerprint density at radius 1 is 1.15 bits per heavy atom. The first-order valence-electron chi connectivity index (χ1n) is 8.65. The Morgan fingerprint density at radius 2 is 1.85 bits per heavy atom. The number of para-hydroxylation sites is 1. The lowest BCUT2D eigenvalue weighted by molar-refractivity contribution is -0.128. The molecule has 1 fully saturated rings.